The predicted octanol–water partition coefficient (Wildman–Crippen LogP) is -0.334. The van der Waals surface area contributed by atoms with Crippen molar-refractivity contribution in [3.63, 3.8) is 0 Å². The molecule has 1 saturated heterocycles. The Bertz CT molecular complexity index is 807. The summed E-state index contributed by atoms with van der Waals surface area (Å²) < 4.78 is 22.9. The summed E-state index contributed by atoms with van der Waals surface area (Å²) in [5.41, 5.74) is 0.317. The van der Waals surface area contributed by atoms with E-state index in [4.69, 9.17) is 10.2 Å². The number of rotatable bonds is 6. The second-order valence-corrected chi connectivity index (χ2v) is 7.32. The molecule has 10 heteroatoms. The van der Waals surface area contributed by atoms with Crippen molar-refractivity contribution in [3.8, 4) is 0 Å². The van der Waals surface area contributed by atoms with Crippen LogP contribution in [0.25, 0.3) is 0 Å². The molecular weight excluding hydrogens is 350 g/mol. The van der Waals surface area contributed by atoms with E-state index in [2.05, 4.69) is 5.32 Å². The number of benzene rings is 1. The van der Waals surface area contributed by atoms with E-state index in [9.17, 15) is 22.8 Å². The van der Waals surface area contributed by atoms with Crippen LogP contribution < -0.4 is 15.4 Å². The lowest BCUT2D eigenvalue weighted by molar-refractivity contribution is -0.142. The van der Waals surface area contributed by atoms with Gasteiger partial charge < -0.3 is 15.3 Å². The van der Waals surface area contributed by atoms with Gasteiger partial charge >= 0.3 is 5.97 Å². The number of hydrogen-bond donors (Lipinski definition) is 3. The fourth-order valence-electron chi connectivity index (χ4n) is 2.59. The summed E-state index contributed by atoms with van der Waals surface area (Å²) >= 11 is 0. The van der Waals surface area contributed by atoms with Crippen molar-refractivity contribution in [3.05, 3.63) is 24.3 Å². The molecule has 2 amide bonds. The van der Waals surface area contributed by atoms with E-state index in [0.717, 1.165) is 0 Å². The molecule has 2 rings (SSSR count). The molecule has 0 saturated carbocycles. The lowest BCUT2D eigenvalue weighted by Crippen LogP contribution is -2.43. The van der Waals surface area contributed by atoms with E-state index in [1.165, 1.54) is 23.1 Å². The largest absolute Gasteiger partial charge is 0.480 e. The molecule has 136 valence electrons. The average molecular weight is 369 g/mol. The second-order valence-electron chi connectivity index (χ2n) is 5.76. The van der Waals surface area contributed by atoms with E-state index >= 15 is 0 Å². The topological polar surface area (TPSA) is 147 Å². The highest BCUT2D eigenvalue weighted by Gasteiger charge is 2.36. The minimum Gasteiger partial charge on any atom is -0.480 e. The SMILES string of the molecule is CCC(NC(=O)C1CC(=O)N(c2cccc(S(N)(=O)=O)c2)C1)C(=O)O. The summed E-state index contributed by atoms with van der Waals surface area (Å²) in [6, 6.07) is 4.55. The van der Waals surface area contributed by atoms with Crippen LogP contribution in [0.1, 0.15) is 19.8 Å². The third-order valence-corrected chi connectivity index (χ3v) is 4.89. The maximum absolute atomic E-state index is 12.2. The van der Waals surface area contributed by atoms with Crippen molar-refractivity contribution in [2.24, 2.45) is 11.1 Å². The van der Waals surface area contributed by atoms with Crippen molar-refractivity contribution in [2.45, 2.75) is 30.7 Å². The third kappa shape index (κ3) is 4.34. The summed E-state index contributed by atoms with van der Waals surface area (Å²) in [6.07, 6.45) is 0.142. The van der Waals surface area contributed by atoms with Gasteiger partial charge in [-0.1, -0.05) is 13.0 Å². The predicted molar refractivity (Wildman–Crippen MR) is 88.1 cm³/mol. The fourth-order valence-corrected chi connectivity index (χ4v) is 3.14. The van der Waals surface area contributed by atoms with E-state index in [-0.39, 0.29) is 30.2 Å². The molecule has 1 aromatic rings. The molecule has 9 nitrogen and oxygen atoms in total. The highest BCUT2D eigenvalue weighted by molar-refractivity contribution is 7.89. The first-order valence-electron chi connectivity index (χ1n) is 7.60. The molecule has 2 atom stereocenters. The standard InChI is InChI=1S/C15H19N3O6S/c1-2-12(15(21)22)17-14(20)9-6-13(19)18(8-9)10-4-3-5-11(7-10)25(16,23)24/h3-5,7,9,12H,2,6,8H2,1H3,(H,17,20)(H,21,22)(H2,16,23,24). The number of carbonyl (C=O) groups is 3. The number of nitrogens with two attached hydrogens (primary N) is 1. The van der Waals surface area contributed by atoms with Crippen molar-refractivity contribution in [1.29, 1.82) is 0 Å². The first kappa shape index (κ1) is 18.9. The number of primary sulfonamides is 1. The molecule has 0 aliphatic carbocycles. The van der Waals surface area contributed by atoms with Crippen LogP contribution in [0.5, 0.6) is 0 Å². The van der Waals surface area contributed by atoms with E-state index in [1.807, 2.05) is 0 Å². The summed E-state index contributed by atoms with van der Waals surface area (Å²) in [5.74, 6) is -2.72. The number of nitrogens with one attached hydrogen (secondary N) is 1. The molecule has 1 aromatic carbocycles. The molecule has 1 fully saturated rings. The van der Waals surface area contributed by atoms with Gasteiger partial charge in [-0.3, -0.25) is 9.59 Å². The molecule has 4 N–H and O–H groups in total. The van der Waals surface area contributed by atoms with Gasteiger partial charge in [-0.15, -0.1) is 0 Å². The normalized spacial score (nSPS) is 18.9. The molecular formula is C15H19N3O6S. The van der Waals surface area contributed by atoms with Gasteiger partial charge in [-0.05, 0) is 24.6 Å². The maximum Gasteiger partial charge on any atom is 0.326 e. The zero-order valence-corrected chi connectivity index (χ0v) is 14.3. The molecule has 0 aromatic heterocycles. The van der Waals surface area contributed by atoms with Crippen LogP contribution in [0.3, 0.4) is 0 Å². The Labute approximate surface area is 144 Å². The number of nitrogens with zero attached hydrogens (tertiary/aromatic N) is 1. The molecule has 1 aliphatic heterocycles. The average Bonchev–Trinajstić information content (AvgIpc) is 2.93. The lowest BCUT2D eigenvalue weighted by Gasteiger charge is -2.18. The van der Waals surface area contributed by atoms with E-state index < -0.39 is 33.9 Å². The van der Waals surface area contributed by atoms with Crippen LogP contribution in [0.15, 0.2) is 29.2 Å². The fraction of sp³-hybridized carbons (Fsp3) is 0.400. The second kappa shape index (κ2) is 7.19. The van der Waals surface area contributed by atoms with Gasteiger partial charge in [0, 0.05) is 18.7 Å². The molecule has 1 aliphatic rings. The zero-order valence-electron chi connectivity index (χ0n) is 13.5. The monoisotopic (exact) mass is 369 g/mol. The third-order valence-electron chi connectivity index (χ3n) is 3.98. The minimum atomic E-state index is -3.91. The quantitative estimate of drug-likeness (QED) is 0.625. The number of aliphatic carboxylic acids is 1. The van der Waals surface area contributed by atoms with Crippen molar-refractivity contribution in [1.82, 2.24) is 5.32 Å². The number of carboxylic acid groups (broad SMARTS) is 1. The summed E-state index contributed by atoms with van der Waals surface area (Å²) in [6.45, 7) is 1.67. The number of anilines is 1. The zero-order chi connectivity index (χ0) is 18.8. The van der Waals surface area contributed by atoms with Gasteiger partial charge in [0.15, 0.2) is 0 Å². The number of amides is 2. The Morgan fingerprint density at radius 2 is 2.12 bits per heavy atom. The van der Waals surface area contributed by atoms with Crippen LogP contribution in [0, 0.1) is 5.92 Å². The smallest absolute Gasteiger partial charge is 0.326 e. The lowest BCUT2D eigenvalue weighted by atomic mass is 10.1. The number of carboxylic acids is 1. The van der Waals surface area contributed by atoms with Crippen LogP contribution in [-0.4, -0.2) is 43.9 Å². The summed E-state index contributed by atoms with van der Waals surface area (Å²) in [5, 5.41) is 16.5. The van der Waals surface area contributed by atoms with E-state index in [1.54, 1.807) is 13.0 Å². The Balaban J connectivity index is 2.15. The van der Waals surface area contributed by atoms with E-state index in [0.29, 0.717) is 5.69 Å². The highest BCUT2D eigenvalue weighted by Crippen LogP contribution is 2.27. The van der Waals surface area contributed by atoms with Crippen molar-refractivity contribution in [2.75, 3.05) is 11.4 Å². The van der Waals surface area contributed by atoms with Crippen molar-refractivity contribution < 1.29 is 27.9 Å². The molecule has 0 bridgehead atoms. The minimum absolute atomic E-state index is 0.0365. The molecule has 1 heterocycles. The summed E-state index contributed by atoms with van der Waals surface area (Å²) in [7, 11) is -3.91. The first-order chi connectivity index (χ1) is 11.6. The van der Waals surface area contributed by atoms with Gasteiger partial charge in [0.25, 0.3) is 0 Å². The van der Waals surface area contributed by atoms with Crippen LogP contribution in [0.2, 0.25) is 0 Å². The Hall–Kier alpha value is -2.46. The molecule has 2 unspecified atom stereocenters. The Morgan fingerprint density at radius 3 is 2.68 bits per heavy atom. The van der Waals surface area contributed by atoms with Gasteiger partial charge in [-0.25, -0.2) is 18.4 Å². The Kier molecular flexibility index (Phi) is 5.43. The van der Waals surface area contributed by atoms with Crippen LogP contribution in [-0.2, 0) is 24.4 Å². The molecule has 25 heavy (non-hydrogen) atoms. The maximum atomic E-state index is 12.2. The molecule has 0 spiro atoms. The van der Waals surface area contributed by atoms with Gasteiger partial charge in [0.05, 0.1) is 10.8 Å². The van der Waals surface area contributed by atoms with Crippen molar-refractivity contribution >= 4 is 33.5 Å². The Morgan fingerprint density at radius 1 is 1.44 bits per heavy atom. The number of hydrogen-bond acceptors (Lipinski definition) is 5. The summed E-state index contributed by atoms with van der Waals surface area (Å²) in [4.78, 5) is 36.5. The first-order valence-corrected chi connectivity index (χ1v) is 9.14. The highest BCUT2D eigenvalue weighted by atomic mass is 32.2. The number of carbonyl (C=O) groups excluding carboxylic acids is 2. The van der Waals surface area contributed by atoms with Crippen LogP contribution in [0.4, 0.5) is 5.69 Å². The molecule has 0 radical (unpaired) electrons. The van der Waals surface area contributed by atoms with Gasteiger partial charge in [0.2, 0.25) is 21.8 Å². The van der Waals surface area contributed by atoms with Gasteiger partial charge in [-0.2, -0.15) is 0 Å². The van der Waals surface area contributed by atoms with Gasteiger partial charge in [0.1, 0.15) is 6.04 Å². The van der Waals surface area contributed by atoms with Crippen LogP contribution >= 0.6 is 0 Å². The number of sulfonamides is 1.